The first-order valence-electron chi connectivity index (χ1n) is 10.1. The number of carbonyl (C=O) groups is 2. The molecule has 2 amide bonds. The van der Waals surface area contributed by atoms with Gasteiger partial charge in [-0.15, -0.1) is 0 Å². The highest BCUT2D eigenvalue weighted by atomic mass is 16.5. The molecule has 3 aromatic rings. The number of methoxy groups -OCH3 is 1. The van der Waals surface area contributed by atoms with E-state index in [2.05, 4.69) is 17.4 Å². The molecule has 3 aromatic carbocycles. The van der Waals surface area contributed by atoms with Crippen LogP contribution in [0.25, 0.3) is 10.8 Å². The van der Waals surface area contributed by atoms with Crippen molar-refractivity contribution in [3.05, 3.63) is 83.9 Å². The van der Waals surface area contributed by atoms with Gasteiger partial charge in [-0.2, -0.15) is 0 Å². The zero-order valence-corrected chi connectivity index (χ0v) is 17.7. The molecule has 3 rings (SSSR count). The Hall–Kier alpha value is -3.18. The predicted molar refractivity (Wildman–Crippen MR) is 119 cm³/mol. The molecule has 0 saturated carbocycles. The number of hydrogen-bond acceptors (Lipinski definition) is 3. The van der Waals surface area contributed by atoms with Crippen molar-refractivity contribution in [1.82, 2.24) is 10.2 Å². The van der Waals surface area contributed by atoms with Crippen molar-refractivity contribution < 1.29 is 14.3 Å². The average molecular weight is 405 g/mol. The summed E-state index contributed by atoms with van der Waals surface area (Å²) in [6, 6.07) is 22.9. The Morgan fingerprint density at radius 2 is 1.63 bits per heavy atom. The maximum Gasteiger partial charge on any atom is 0.245 e. The first-order chi connectivity index (χ1) is 14.5. The van der Waals surface area contributed by atoms with E-state index in [9.17, 15) is 9.59 Å². The first kappa shape index (κ1) is 21.5. The van der Waals surface area contributed by atoms with Gasteiger partial charge < -0.3 is 15.0 Å². The maximum absolute atomic E-state index is 13.0. The minimum atomic E-state index is -0.724. The van der Waals surface area contributed by atoms with Gasteiger partial charge in [0.05, 0.1) is 12.6 Å². The topological polar surface area (TPSA) is 58.6 Å². The van der Waals surface area contributed by atoms with Crippen molar-refractivity contribution in [3.8, 4) is 0 Å². The van der Waals surface area contributed by atoms with Gasteiger partial charge in [0.25, 0.3) is 0 Å². The smallest absolute Gasteiger partial charge is 0.245 e. The van der Waals surface area contributed by atoms with Crippen LogP contribution in [-0.2, 0) is 20.9 Å². The molecule has 0 bridgehead atoms. The SMILES string of the molecule is COC[C@@H](C(=O)NCc1ccccc1)N(C(C)=O)[C@@H](C)c1ccc2ccccc2c1. The Bertz CT molecular complexity index is 1000. The summed E-state index contributed by atoms with van der Waals surface area (Å²) in [6.45, 7) is 3.96. The van der Waals surface area contributed by atoms with Crippen molar-refractivity contribution in [2.24, 2.45) is 0 Å². The van der Waals surface area contributed by atoms with E-state index in [1.54, 1.807) is 4.90 Å². The number of benzene rings is 3. The fraction of sp³-hybridized carbons (Fsp3) is 0.280. The molecular formula is C25H28N2O3. The van der Waals surface area contributed by atoms with Gasteiger partial charge in [0, 0.05) is 20.6 Å². The van der Waals surface area contributed by atoms with Crippen LogP contribution in [0.2, 0.25) is 0 Å². The van der Waals surface area contributed by atoms with Crippen molar-refractivity contribution >= 4 is 22.6 Å². The van der Waals surface area contributed by atoms with Crippen LogP contribution in [0.1, 0.15) is 31.0 Å². The van der Waals surface area contributed by atoms with Gasteiger partial charge in [-0.3, -0.25) is 9.59 Å². The normalized spacial score (nSPS) is 12.9. The van der Waals surface area contributed by atoms with E-state index in [0.717, 1.165) is 21.9 Å². The van der Waals surface area contributed by atoms with Gasteiger partial charge in [0.15, 0.2) is 0 Å². The molecule has 5 nitrogen and oxygen atoms in total. The third kappa shape index (κ3) is 5.05. The van der Waals surface area contributed by atoms with Crippen LogP contribution in [0.3, 0.4) is 0 Å². The Kier molecular flexibility index (Phi) is 7.20. The lowest BCUT2D eigenvalue weighted by atomic mass is 10.00. The van der Waals surface area contributed by atoms with E-state index in [-0.39, 0.29) is 24.5 Å². The zero-order valence-electron chi connectivity index (χ0n) is 17.7. The van der Waals surface area contributed by atoms with Crippen LogP contribution in [-0.4, -0.2) is 36.5 Å². The highest BCUT2D eigenvalue weighted by Gasteiger charge is 2.32. The summed E-state index contributed by atoms with van der Waals surface area (Å²) in [5.41, 5.74) is 1.97. The molecule has 0 fully saturated rings. The number of fused-ring (bicyclic) bond motifs is 1. The van der Waals surface area contributed by atoms with E-state index >= 15 is 0 Å². The Morgan fingerprint density at radius 1 is 0.967 bits per heavy atom. The molecular weight excluding hydrogens is 376 g/mol. The fourth-order valence-corrected chi connectivity index (χ4v) is 3.73. The second-order valence-electron chi connectivity index (χ2n) is 7.38. The van der Waals surface area contributed by atoms with Crippen LogP contribution in [0.4, 0.5) is 0 Å². The van der Waals surface area contributed by atoms with Gasteiger partial charge in [-0.25, -0.2) is 0 Å². The van der Waals surface area contributed by atoms with E-state index in [4.69, 9.17) is 4.74 Å². The molecule has 0 saturated heterocycles. The molecule has 0 aliphatic rings. The van der Waals surface area contributed by atoms with Crippen molar-refractivity contribution in [2.75, 3.05) is 13.7 Å². The van der Waals surface area contributed by atoms with Crippen molar-refractivity contribution in [2.45, 2.75) is 32.5 Å². The molecule has 0 aromatic heterocycles. The molecule has 0 unspecified atom stereocenters. The monoisotopic (exact) mass is 404 g/mol. The van der Waals surface area contributed by atoms with Crippen LogP contribution in [0.5, 0.6) is 0 Å². The maximum atomic E-state index is 13.0. The van der Waals surface area contributed by atoms with Gasteiger partial charge >= 0.3 is 0 Å². The number of nitrogens with one attached hydrogen (secondary N) is 1. The first-order valence-corrected chi connectivity index (χ1v) is 10.1. The molecule has 5 heteroatoms. The molecule has 0 aliphatic heterocycles. The second-order valence-corrected chi connectivity index (χ2v) is 7.38. The standard InChI is InChI=1S/C25H28N2O3/c1-18(22-14-13-21-11-7-8-12-23(21)15-22)27(19(2)28)24(17-30-3)25(29)26-16-20-9-5-4-6-10-20/h4-15,18,24H,16-17H2,1-3H3,(H,26,29)/t18-,24-/m0/s1. The summed E-state index contributed by atoms with van der Waals surface area (Å²) in [5.74, 6) is -0.406. The van der Waals surface area contributed by atoms with Crippen molar-refractivity contribution in [3.63, 3.8) is 0 Å². The fourth-order valence-electron chi connectivity index (χ4n) is 3.73. The second kappa shape index (κ2) is 10.0. The third-order valence-corrected chi connectivity index (χ3v) is 5.31. The Morgan fingerprint density at radius 3 is 2.30 bits per heavy atom. The van der Waals surface area contributed by atoms with Gasteiger partial charge in [-0.1, -0.05) is 66.7 Å². The summed E-state index contributed by atoms with van der Waals surface area (Å²) in [4.78, 5) is 27.2. The predicted octanol–water partition coefficient (Wildman–Crippen LogP) is 4.08. The van der Waals surface area contributed by atoms with Crippen LogP contribution < -0.4 is 5.32 Å². The number of hydrogen-bond donors (Lipinski definition) is 1. The lowest BCUT2D eigenvalue weighted by molar-refractivity contribution is -0.143. The lowest BCUT2D eigenvalue weighted by Gasteiger charge is -2.35. The number of rotatable bonds is 8. The van der Waals surface area contributed by atoms with Crippen LogP contribution >= 0.6 is 0 Å². The lowest BCUT2D eigenvalue weighted by Crippen LogP contribution is -2.52. The molecule has 0 heterocycles. The van der Waals surface area contributed by atoms with Crippen LogP contribution in [0.15, 0.2) is 72.8 Å². The quantitative estimate of drug-likeness (QED) is 0.615. The number of nitrogens with zero attached hydrogens (tertiary/aromatic N) is 1. The zero-order chi connectivity index (χ0) is 21.5. The highest BCUT2D eigenvalue weighted by Crippen LogP contribution is 2.26. The summed E-state index contributed by atoms with van der Waals surface area (Å²) >= 11 is 0. The van der Waals surface area contributed by atoms with E-state index in [0.29, 0.717) is 6.54 Å². The average Bonchev–Trinajstić information content (AvgIpc) is 2.77. The molecule has 2 atom stereocenters. The van der Waals surface area contributed by atoms with Crippen molar-refractivity contribution in [1.29, 1.82) is 0 Å². The summed E-state index contributed by atoms with van der Waals surface area (Å²) in [5, 5.41) is 5.18. The molecule has 156 valence electrons. The minimum absolute atomic E-state index is 0.123. The minimum Gasteiger partial charge on any atom is -0.382 e. The van der Waals surface area contributed by atoms with Gasteiger partial charge in [0.2, 0.25) is 11.8 Å². The Labute approximate surface area is 177 Å². The van der Waals surface area contributed by atoms with Gasteiger partial charge in [-0.05, 0) is 34.9 Å². The largest absolute Gasteiger partial charge is 0.382 e. The molecule has 0 radical (unpaired) electrons. The summed E-state index contributed by atoms with van der Waals surface area (Å²) in [7, 11) is 1.54. The number of carbonyl (C=O) groups excluding carboxylic acids is 2. The van der Waals surface area contributed by atoms with E-state index < -0.39 is 6.04 Å². The Balaban J connectivity index is 1.83. The molecule has 30 heavy (non-hydrogen) atoms. The van der Waals surface area contributed by atoms with Gasteiger partial charge in [0.1, 0.15) is 6.04 Å². The summed E-state index contributed by atoms with van der Waals surface area (Å²) < 4.78 is 5.31. The van der Waals surface area contributed by atoms with Crippen LogP contribution in [0, 0.1) is 0 Å². The number of ether oxygens (including phenoxy) is 1. The molecule has 0 aliphatic carbocycles. The number of amides is 2. The summed E-state index contributed by atoms with van der Waals surface area (Å²) in [6.07, 6.45) is 0. The third-order valence-electron chi connectivity index (χ3n) is 5.31. The highest BCUT2D eigenvalue weighted by molar-refractivity contribution is 5.88. The van der Waals surface area contributed by atoms with E-state index in [1.807, 2.05) is 67.6 Å². The molecule has 1 N–H and O–H groups in total. The molecule has 0 spiro atoms. The van der Waals surface area contributed by atoms with E-state index in [1.165, 1.54) is 14.0 Å².